The second-order valence-electron chi connectivity index (χ2n) is 9.93. The monoisotopic (exact) mass is 487 g/mol. The Kier molecular flexibility index (Phi) is 7.94. The van der Waals surface area contributed by atoms with Crippen LogP contribution in [0.5, 0.6) is 5.75 Å². The minimum atomic E-state index is -1.03. The van der Waals surface area contributed by atoms with Crippen molar-refractivity contribution >= 4 is 11.8 Å². The maximum absolute atomic E-state index is 12.3. The van der Waals surface area contributed by atoms with Crippen molar-refractivity contribution in [1.29, 1.82) is 0 Å². The molecule has 36 heavy (non-hydrogen) atoms. The maximum atomic E-state index is 12.3. The fourth-order valence-electron chi connectivity index (χ4n) is 4.66. The van der Waals surface area contributed by atoms with Crippen molar-refractivity contribution in [3.63, 3.8) is 0 Å². The summed E-state index contributed by atoms with van der Waals surface area (Å²) in [4.78, 5) is 21.8. The Morgan fingerprint density at radius 2 is 1.61 bits per heavy atom. The zero-order valence-corrected chi connectivity index (χ0v) is 22.1. The van der Waals surface area contributed by atoms with Crippen LogP contribution in [0.25, 0.3) is 11.1 Å². The first-order chi connectivity index (χ1) is 17.3. The molecule has 1 fully saturated rings. The average Bonchev–Trinajstić information content (AvgIpc) is 2.87. The normalized spacial score (nSPS) is 14.5. The standard InChI is InChI=1S/C30H37N3O3/c1-6-35-29(34)30(4,5)36-28-22(2)18-24(19-23(28)3)21-32-14-16-33(17-15-32)27-13-12-26(20-31-27)25-10-8-7-9-11-25/h7-13,18-20H,6,14-17,21H2,1-5H3. The summed E-state index contributed by atoms with van der Waals surface area (Å²) in [6.45, 7) is 14.5. The van der Waals surface area contributed by atoms with Gasteiger partial charge in [0.15, 0.2) is 5.60 Å². The van der Waals surface area contributed by atoms with Crippen LogP contribution in [0.15, 0.2) is 60.8 Å². The lowest BCUT2D eigenvalue weighted by atomic mass is 10.0. The van der Waals surface area contributed by atoms with Gasteiger partial charge in [-0.3, -0.25) is 4.90 Å². The number of pyridine rings is 1. The number of carbonyl (C=O) groups excluding carboxylic acids is 1. The third kappa shape index (κ3) is 6.05. The summed E-state index contributed by atoms with van der Waals surface area (Å²) < 4.78 is 11.3. The second kappa shape index (κ2) is 11.1. The number of aromatic nitrogens is 1. The lowest BCUT2D eigenvalue weighted by Gasteiger charge is -2.35. The minimum absolute atomic E-state index is 0.338. The maximum Gasteiger partial charge on any atom is 0.349 e. The first kappa shape index (κ1) is 25.7. The SMILES string of the molecule is CCOC(=O)C(C)(C)Oc1c(C)cc(CN2CCN(c3ccc(-c4ccccc4)cn3)CC2)cc1C. The molecule has 6 heteroatoms. The molecule has 0 amide bonds. The smallest absolute Gasteiger partial charge is 0.349 e. The minimum Gasteiger partial charge on any atom is -0.476 e. The van der Waals surface area contributed by atoms with Gasteiger partial charge >= 0.3 is 5.97 Å². The van der Waals surface area contributed by atoms with E-state index in [9.17, 15) is 4.79 Å². The van der Waals surface area contributed by atoms with Gasteiger partial charge in [0.05, 0.1) is 6.61 Å². The fourth-order valence-corrected chi connectivity index (χ4v) is 4.66. The molecule has 1 aromatic heterocycles. The Morgan fingerprint density at radius 1 is 0.944 bits per heavy atom. The Balaban J connectivity index is 1.34. The van der Waals surface area contributed by atoms with E-state index in [0.29, 0.717) is 6.61 Å². The molecule has 6 nitrogen and oxygen atoms in total. The predicted molar refractivity (Wildman–Crippen MR) is 144 cm³/mol. The zero-order chi connectivity index (χ0) is 25.7. The molecule has 1 aliphatic heterocycles. The molecule has 4 rings (SSSR count). The van der Waals surface area contributed by atoms with Crippen molar-refractivity contribution in [2.24, 2.45) is 0 Å². The van der Waals surface area contributed by atoms with E-state index in [1.807, 2.05) is 26.1 Å². The van der Waals surface area contributed by atoms with Gasteiger partial charge in [0.25, 0.3) is 0 Å². The van der Waals surface area contributed by atoms with E-state index >= 15 is 0 Å². The van der Waals surface area contributed by atoms with Gasteiger partial charge in [-0.1, -0.05) is 42.5 Å². The zero-order valence-electron chi connectivity index (χ0n) is 22.1. The van der Waals surface area contributed by atoms with E-state index in [1.165, 1.54) is 11.1 Å². The number of nitrogens with zero attached hydrogens (tertiary/aromatic N) is 3. The lowest BCUT2D eigenvalue weighted by molar-refractivity contribution is -0.158. The van der Waals surface area contributed by atoms with Crippen LogP contribution in [0.3, 0.4) is 0 Å². The highest BCUT2D eigenvalue weighted by atomic mass is 16.6. The van der Waals surface area contributed by atoms with Crippen LogP contribution in [-0.2, 0) is 16.1 Å². The first-order valence-electron chi connectivity index (χ1n) is 12.7. The average molecular weight is 488 g/mol. The molecule has 0 bridgehead atoms. The van der Waals surface area contributed by atoms with Gasteiger partial charge in [0.2, 0.25) is 0 Å². The Morgan fingerprint density at radius 3 is 2.19 bits per heavy atom. The van der Waals surface area contributed by atoms with Gasteiger partial charge in [0, 0.05) is 44.5 Å². The molecule has 1 aliphatic rings. The summed E-state index contributed by atoms with van der Waals surface area (Å²) in [5.74, 6) is 1.44. The number of aryl methyl sites for hydroxylation is 2. The summed E-state index contributed by atoms with van der Waals surface area (Å²) in [6, 6.07) is 19.0. The molecule has 0 atom stereocenters. The number of ether oxygens (including phenoxy) is 2. The number of anilines is 1. The molecule has 0 spiro atoms. The van der Waals surface area contributed by atoms with Gasteiger partial charge < -0.3 is 14.4 Å². The van der Waals surface area contributed by atoms with E-state index < -0.39 is 5.60 Å². The van der Waals surface area contributed by atoms with Crippen LogP contribution in [0.2, 0.25) is 0 Å². The summed E-state index contributed by atoms with van der Waals surface area (Å²) >= 11 is 0. The van der Waals surface area contributed by atoms with Crippen molar-refractivity contribution in [3.8, 4) is 16.9 Å². The van der Waals surface area contributed by atoms with Crippen LogP contribution < -0.4 is 9.64 Å². The van der Waals surface area contributed by atoms with Crippen LogP contribution in [0.4, 0.5) is 5.82 Å². The number of esters is 1. The molecule has 190 valence electrons. The number of rotatable bonds is 8. The topological polar surface area (TPSA) is 54.9 Å². The van der Waals surface area contributed by atoms with Gasteiger partial charge in [-0.15, -0.1) is 0 Å². The highest BCUT2D eigenvalue weighted by molar-refractivity contribution is 5.79. The van der Waals surface area contributed by atoms with E-state index in [-0.39, 0.29) is 5.97 Å². The lowest BCUT2D eigenvalue weighted by Crippen LogP contribution is -2.46. The number of carbonyl (C=O) groups is 1. The van der Waals surface area contributed by atoms with Crippen LogP contribution in [0, 0.1) is 13.8 Å². The number of piperazine rings is 1. The summed E-state index contributed by atoms with van der Waals surface area (Å²) in [6.07, 6.45) is 1.97. The first-order valence-corrected chi connectivity index (χ1v) is 12.7. The fraction of sp³-hybridized carbons (Fsp3) is 0.400. The van der Waals surface area contributed by atoms with Crippen molar-refractivity contribution in [2.45, 2.75) is 46.8 Å². The highest BCUT2D eigenvalue weighted by Crippen LogP contribution is 2.30. The van der Waals surface area contributed by atoms with E-state index in [2.05, 4.69) is 58.3 Å². The van der Waals surface area contributed by atoms with Crippen molar-refractivity contribution in [2.75, 3.05) is 37.7 Å². The van der Waals surface area contributed by atoms with Crippen LogP contribution >= 0.6 is 0 Å². The largest absolute Gasteiger partial charge is 0.476 e. The quantitative estimate of drug-likeness (QED) is 0.396. The second-order valence-corrected chi connectivity index (χ2v) is 9.93. The molecular formula is C30H37N3O3. The number of benzene rings is 2. The Bertz CT molecular complexity index is 1140. The number of hydrogen-bond acceptors (Lipinski definition) is 6. The molecule has 2 aromatic carbocycles. The van der Waals surface area contributed by atoms with Crippen LogP contribution in [-0.4, -0.2) is 54.2 Å². The molecule has 2 heterocycles. The molecule has 3 aromatic rings. The molecule has 0 aliphatic carbocycles. The van der Waals surface area contributed by atoms with Gasteiger partial charge in [-0.25, -0.2) is 9.78 Å². The van der Waals surface area contributed by atoms with Crippen molar-refractivity contribution in [1.82, 2.24) is 9.88 Å². The highest BCUT2D eigenvalue weighted by Gasteiger charge is 2.32. The molecule has 0 saturated carbocycles. The Labute approximate surface area is 214 Å². The van der Waals surface area contributed by atoms with E-state index in [0.717, 1.165) is 61.0 Å². The molecular weight excluding hydrogens is 450 g/mol. The summed E-state index contributed by atoms with van der Waals surface area (Å²) in [5, 5.41) is 0. The Hall–Kier alpha value is -3.38. The van der Waals surface area contributed by atoms with E-state index in [1.54, 1.807) is 20.8 Å². The number of hydrogen-bond donors (Lipinski definition) is 0. The molecule has 0 radical (unpaired) electrons. The van der Waals surface area contributed by atoms with Gasteiger partial charge in [0.1, 0.15) is 11.6 Å². The summed E-state index contributed by atoms with van der Waals surface area (Å²) in [7, 11) is 0. The molecule has 0 unspecified atom stereocenters. The third-order valence-electron chi connectivity index (χ3n) is 6.60. The molecule has 0 N–H and O–H groups in total. The van der Waals surface area contributed by atoms with Crippen molar-refractivity contribution < 1.29 is 14.3 Å². The van der Waals surface area contributed by atoms with Crippen LogP contribution in [0.1, 0.15) is 37.5 Å². The van der Waals surface area contributed by atoms with Crippen molar-refractivity contribution in [3.05, 3.63) is 77.5 Å². The third-order valence-corrected chi connectivity index (χ3v) is 6.60. The van der Waals surface area contributed by atoms with Gasteiger partial charge in [-0.2, -0.15) is 0 Å². The summed E-state index contributed by atoms with van der Waals surface area (Å²) in [5.41, 5.74) is 4.61. The van der Waals surface area contributed by atoms with E-state index in [4.69, 9.17) is 14.5 Å². The predicted octanol–water partition coefficient (Wildman–Crippen LogP) is 5.41. The molecule has 1 saturated heterocycles. The van der Waals surface area contributed by atoms with Gasteiger partial charge in [-0.05, 0) is 69.0 Å².